The number of hydrogen-bond donors (Lipinski definition) is 0. The maximum absolute atomic E-state index is 14.0. The van der Waals surface area contributed by atoms with Gasteiger partial charge in [0, 0.05) is 52.4 Å². The monoisotopic (exact) mass is 442 g/mol. The van der Waals surface area contributed by atoms with Gasteiger partial charge in [0.1, 0.15) is 11.6 Å². The lowest BCUT2D eigenvalue weighted by Gasteiger charge is -2.38. The molecule has 0 bridgehead atoms. The van der Waals surface area contributed by atoms with Crippen LogP contribution in [0.5, 0.6) is 0 Å². The molecule has 0 spiro atoms. The summed E-state index contributed by atoms with van der Waals surface area (Å²) in [5.74, 6) is -0.455. The number of carbonyl (C=O) groups is 2. The van der Waals surface area contributed by atoms with Crippen molar-refractivity contribution >= 4 is 17.5 Å². The van der Waals surface area contributed by atoms with Crippen molar-refractivity contribution in [3.63, 3.8) is 0 Å². The number of amides is 2. The van der Waals surface area contributed by atoms with Crippen molar-refractivity contribution in [3.8, 4) is 0 Å². The van der Waals surface area contributed by atoms with Crippen molar-refractivity contribution < 1.29 is 18.4 Å². The highest BCUT2D eigenvalue weighted by Crippen LogP contribution is 2.20. The van der Waals surface area contributed by atoms with Crippen molar-refractivity contribution in [2.75, 3.05) is 63.8 Å². The highest BCUT2D eigenvalue weighted by Gasteiger charge is 2.26. The largest absolute Gasteiger partial charge is 0.366 e. The molecule has 2 aliphatic heterocycles. The molecule has 0 radical (unpaired) electrons. The van der Waals surface area contributed by atoms with Crippen LogP contribution < -0.4 is 4.90 Å². The summed E-state index contributed by atoms with van der Waals surface area (Å²) in [6, 6.07) is 12.7. The quantitative estimate of drug-likeness (QED) is 0.711. The Morgan fingerprint density at radius 1 is 0.719 bits per heavy atom. The molecule has 6 nitrogen and oxygen atoms in total. The van der Waals surface area contributed by atoms with Gasteiger partial charge in [-0.3, -0.25) is 14.5 Å². The summed E-state index contributed by atoms with van der Waals surface area (Å²) in [7, 11) is 0. The highest BCUT2D eigenvalue weighted by molar-refractivity contribution is 5.80. The molecule has 0 atom stereocenters. The van der Waals surface area contributed by atoms with Gasteiger partial charge in [-0.05, 0) is 29.8 Å². The third kappa shape index (κ3) is 5.43. The molecule has 0 aliphatic carbocycles. The fraction of sp³-hybridized carbons (Fsp3) is 0.417. The predicted molar refractivity (Wildman–Crippen MR) is 118 cm³/mol. The Hall–Kier alpha value is -3.00. The number of carbonyl (C=O) groups excluding carboxylic acids is 2. The summed E-state index contributed by atoms with van der Waals surface area (Å²) in [4.78, 5) is 32.9. The molecule has 2 saturated heterocycles. The zero-order chi connectivity index (χ0) is 22.5. The van der Waals surface area contributed by atoms with E-state index in [9.17, 15) is 18.4 Å². The Morgan fingerprint density at radius 2 is 1.31 bits per heavy atom. The molecule has 0 saturated carbocycles. The molecule has 8 heteroatoms. The Bertz CT molecular complexity index is 937. The Morgan fingerprint density at radius 3 is 1.97 bits per heavy atom. The van der Waals surface area contributed by atoms with Gasteiger partial charge in [0.25, 0.3) is 0 Å². The molecule has 0 aromatic heterocycles. The Balaban J connectivity index is 1.20. The van der Waals surface area contributed by atoms with Crippen LogP contribution >= 0.6 is 0 Å². The second kappa shape index (κ2) is 10.1. The van der Waals surface area contributed by atoms with Crippen LogP contribution in [0.25, 0.3) is 0 Å². The topological polar surface area (TPSA) is 47.1 Å². The van der Waals surface area contributed by atoms with Crippen LogP contribution in [0, 0.1) is 11.6 Å². The SMILES string of the molecule is O=C(Cc1ccc(F)cc1)N1CCN(CC(=O)N2CCN(c3ccccc3F)CC2)CC1. The number of piperazine rings is 2. The lowest BCUT2D eigenvalue weighted by molar-refractivity contribution is -0.135. The third-order valence-electron chi connectivity index (χ3n) is 6.18. The molecule has 2 amide bonds. The summed E-state index contributed by atoms with van der Waals surface area (Å²) < 4.78 is 27.0. The summed E-state index contributed by atoms with van der Waals surface area (Å²) >= 11 is 0. The standard InChI is InChI=1S/C24H28F2N4O2/c25-20-7-5-19(6-8-20)17-23(31)29-11-9-27(10-12-29)18-24(32)30-15-13-28(14-16-30)22-4-2-1-3-21(22)26/h1-8H,9-18H2. The Labute approximate surface area is 187 Å². The minimum Gasteiger partial charge on any atom is -0.366 e. The average molecular weight is 443 g/mol. The minimum absolute atomic E-state index is 0.0202. The van der Waals surface area contributed by atoms with Crippen LogP contribution in [0.4, 0.5) is 14.5 Å². The molecule has 32 heavy (non-hydrogen) atoms. The lowest BCUT2D eigenvalue weighted by Crippen LogP contribution is -2.54. The molecular formula is C24H28F2N4O2. The van der Waals surface area contributed by atoms with E-state index in [2.05, 4.69) is 4.90 Å². The van der Waals surface area contributed by atoms with Gasteiger partial charge >= 0.3 is 0 Å². The number of hydrogen-bond acceptors (Lipinski definition) is 4. The van der Waals surface area contributed by atoms with Crippen LogP contribution in [-0.2, 0) is 16.0 Å². The van der Waals surface area contributed by atoms with Crippen LogP contribution in [0.3, 0.4) is 0 Å². The number of halogens is 2. The van der Waals surface area contributed by atoms with Crippen LogP contribution in [-0.4, -0.2) is 85.4 Å². The van der Waals surface area contributed by atoms with E-state index in [1.165, 1.54) is 18.2 Å². The number of rotatable bonds is 5. The van der Waals surface area contributed by atoms with Crippen molar-refractivity contribution in [3.05, 3.63) is 65.7 Å². The van der Waals surface area contributed by atoms with Crippen molar-refractivity contribution in [2.45, 2.75) is 6.42 Å². The molecule has 2 heterocycles. The summed E-state index contributed by atoms with van der Waals surface area (Å²) in [6.45, 7) is 5.15. The zero-order valence-electron chi connectivity index (χ0n) is 18.1. The van der Waals surface area contributed by atoms with E-state index in [-0.39, 0.29) is 29.9 Å². The van der Waals surface area contributed by atoms with Gasteiger partial charge in [-0.25, -0.2) is 8.78 Å². The second-order valence-corrected chi connectivity index (χ2v) is 8.28. The molecule has 2 aromatic rings. The van der Waals surface area contributed by atoms with Gasteiger partial charge in [0.05, 0.1) is 18.7 Å². The molecule has 0 unspecified atom stereocenters. The van der Waals surface area contributed by atoms with E-state index in [0.717, 1.165) is 5.56 Å². The summed E-state index contributed by atoms with van der Waals surface area (Å²) in [6.07, 6.45) is 0.255. The van der Waals surface area contributed by atoms with Crippen molar-refractivity contribution in [2.24, 2.45) is 0 Å². The first-order valence-electron chi connectivity index (χ1n) is 11.0. The van der Waals surface area contributed by atoms with E-state index >= 15 is 0 Å². The van der Waals surface area contributed by atoms with E-state index in [1.807, 2.05) is 15.9 Å². The number of para-hydroxylation sites is 1. The van der Waals surface area contributed by atoms with Gasteiger partial charge in [-0.2, -0.15) is 0 Å². The van der Waals surface area contributed by atoms with Gasteiger partial charge < -0.3 is 14.7 Å². The maximum atomic E-state index is 14.0. The first-order chi connectivity index (χ1) is 15.5. The van der Waals surface area contributed by atoms with Crippen molar-refractivity contribution in [1.82, 2.24) is 14.7 Å². The van der Waals surface area contributed by atoms with E-state index in [0.29, 0.717) is 64.6 Å². The fourth-order valence-electron chi connectivity index (χ4n) is 4.24. The zero-order valence-corrected chi connectivity index (χ0v) is 18.1. The molecule has 2 aromatic carbocycles. The Kier molecular flexibility index (Phi) is 6.99. The molecule has 170 valence electrons. The maximum Gasteiger partial charge on any atom is 0.236 e. The minimum atomic E-state index is -0.312. The van der Waals surface area contributed by atoms with Gasteiger partial charge in [-0.15, -0.1) is 0 Å². The fourth-order valence-corrected chi connectivity index (χ4v) is 4.24. The molecule has 4 rings (SSSR count). The van der Waals surface area contributed by atoms with Gasteiger partial charge in [-0.1, -0.05) is 24.3 Å². The first-order valence-corrected chi connectivity index (χ1v) is 11.0. The van der Waals surface area contributed by atoms with Gasteiger partial charge in [0.15, 0.2) is 0 Å². The normalized spacial score (nSPS) is 17.5. The lowest BCUT2D eigenvalue weighted by atomic mass is 10.1. The van der Waals surface area contributed by atoms with E-state index < -0.39 is 0 Å². The van der Waals surface area contributed by atoms with Crippen LogP contribution in [0.1, 0.15) is 5.56 Å². The summed E-state index contributed by atoms with van der Waals surface area (Å²) in [5.41, 5.74) is 1.38. The highest BCUT2D eigenvalue weighted by atomic mass is 19.1. The van der Waals surface area contributed by atoms with Crippen molar-refractivity contribution in [1.29, 1.82) is 0 Å². The molecule has 0 N–H and O–H groups in total. The predicted octanol–water partition coefficient (Wildman–Crippen LogP) is 2.00. The van der Waals surface area contributed by atoms with E-state index in [1.54, 1.807) is 29.2 Å². The molecule has 2 aliphatic rings. The molecule has 2 fully saturated rings. The smallest absolute Gasteiger partial charge is 0.236 e. The third-order valence-corrected chi connectivity index (χ3v) is 6.18. The average Bonchev–Trinajstić information content (AvgIpc) is 2.81. The van der Waals surface area contributed by atoms with Crippen LogP contribution in [0.15, 0.2) is 48.5 Å². The van der Waals surface area contributed by atoms with E-state index in [4.69, 9.17) is 0 Å². The van der Waals surface area contributed by atoms with Crippen LogP contribution in [0.2, 0.25) is 0 Å². The first kappa shape index (κ1) is 22.2. The van der Waals surface area contributed by atoms with Gasteiger partial charge in [0.2, 0.25) is 11.8 Å². The number of benzene rings is 2. The summed E-state index contributed by atoms with van der Waals surface area (Å²) in [5, 5.41) is 0. The molecular weight excluding hydrogens is 414 g/mol. The number of anilines is 1. The second-order valence-electron chi connectivity index (χ2n) is 8.28. The number of nitrogens with zero attached hydrogens (tertiary/aromatic N) is 4.